The molecule has 1 fully saturated rings. The Hall–Kier alpha value is -2.38. The van der Waals surface area contributed by atoms with E-state index in [4.69, 9.17) is 4.74 Å². The number of aromatic hydroxyl groups is 1. The predicted molar refractivity (Wildman–Crippen MR) is 75.3 cm³/mol. The molecular weight excluding hydrogens is 312 g/mol. The second-order valence-corrected chi connectivity index (χ2v) is 5.25. The summed E-state index contributed by atoms with van der Waals surface area (Å²) >= 11 is 0. The van der Waals surface area contributed by atoms with Crippen LogP contribution < -0.4 is 4.74 Å². The number of benzene rings is 1. The molecule has 1 saturated heterocycles. The molecule has 2 unspecified atom stereocenters. The van der Waals surface area contributed by atoms with Crippen molar-refractivity contribution in [2.24, 2.45) is 0 Å². The average Bonchev–Trinajstić information content (AvgIpc) is 2.93. The molecule has 1 aliphatic rings. The quantitative estimate of drug-likeness (QED) is 0.854. The maximum Gasteiger partial charge on any atom is 0.387 e. The highest BCUT2D eigenvalue weighted by Crippen LogP contribution is 2.37. The van der Waals surface area contributed by atoms with Gasteiger partial charge in [0.1, 0.15) is 6.04 Å². The number of carbonyl (C=O) groups excluding carboxylic acids is 2. The maximum absolute atomic E-state index is 12.2. The smallest absolute Gasteiger partial charge is 0.387 e. The summed E-state index contributed by atoms with van der Waals surface area (Å²) in [6.45, 7) is -1.39. The van der Waals surface area contributed by atoms with Crippen molar-refractivity contribution in [3.05, 3.63) is 23.8 Å². The van der Waals surface area contributed by atoms with Crippen LogP contribution in [0.4, 0.5) is 8.78 Å². The van der Waals surface area contributed by atoms with Crippen LogP contribution in [0.15, 0.2) is 18.2 Å². The Morgan fingerprint density at radius 3 is 2.61 bits per heavy atom. The van der Waals surface area contributed by atoms with Crippen molar-refractivity contribution in [3.63, 3.8) is 0 Å². The van der Waals surface area contributed by atoms with Crippen molar-refractivity contribution < 1.29 is 33.0 Å². The Morgan fingerprint density at radius 1 is 1.39 bits per heavy atom. The molecule has 0 radical (unpaired) electrons. The van der Waals surface area contributed by atoms with Gasteiger partial charge in [-0.15, -0.1) is 0 Å². The lowest BCUT2D eigenvalue weighted by Gasteiger charge is -2.20. The number of likely N-dealkylation sites (tertiary alicyclic amines) is 1. The number of alkyl halides is 2. The number of amides is 1. The first-order valence-corrected chi connectivity index (χ1v) is 6.96. The number of rotatable bonds is 4. The molecule has 1 aromatic carbocycles. The van der Waals surface area contributed by atoms with Crippen molar-refractivity contribution in [2.75, 3.05) is 13.7 Å². The van der Waals surface area contributed by atoms with Gasteiger partial charge in [-0.3, -0.25) is 4.79 Å². The normalized spacial score (nSPS) is 20.7. The summed E-state index contributed by atoms with van der Waals surface area (Å²) < 4.78 is 33.3. The third-order valence-corrected chi connectivity index (χ3v) is 3.85. The first kappa shape index (κ1) is 17.0. The van der Waals surface area contributed by atoms with E-state index in [1.54, 1.807) is 0 Å². The van der Waals surface area contributed by atoms with Gasteiger partial charge in [-0.1, -0.05) is 6.07 Å². The van der Waals surface area contributed by atoms with Crippen LogP contribution in [0.1, 0.15) is 24.8 Å². The van der Waals surface area contributed by atoms with Crippen molar-refractivity contribution in [1.82, 2.24) is 4.90 Å². The molecule has 0 spiro atoms. The molecule has 1 aliphatic heterocycles. The number of nitrogens with zero attached hydrogens (tertiary/aromatic N) is 1. The highest BCUT2D eigenvalue weighted by molar-refractivity contribution is 5.84. The number of hydrogen-bond donors (Lipinski definition) is 1. The number of phenols is 1. The molecule has 0 aromatic heterocycles. The Bertz CT molecular complexity index is 608. The van der Waals surface area contributed by atoms with Crippen molar-refractivity contribution in [3.8, 4) is 11.5 Å². The van der Waals surface area contributed by atoms with Gasteiger partial charge in [-0.2, -0.15) is 8.78 Å². The molecule has 2 rings (SSSR count). The number of methoxy groups -OCH3 is 1. The number of esters is 1. The van der Waals surface area contributed by atoms with E-state index in [-0.39, 0.29) is 24.1 Å². The molecule has 1 N–H and O–H groups in total. The molecule has 0 aliphatic carbocycles. The van der Waals surface area contributed by atoms with E-state index in [1.807, 2.05) is 0 Å². The van der Waals surface area contributed by atoms with Crippen LogP contribution in [0.5, 0.6) is 11.5 Å². The third-order valence-electron chi connectivity index (χ3n) is 3.85. The van der Waals surface area contributed by atoms with Gasteiger partial charge < -0.3 is 19.5 Å². The lowest BCUT2D eigenvalue weighted by molar-refractivity contribution is -0.150. The fourth-order valence-electron chi connectivity index (χ4n) is 2.77. The van der Waals surface area contributed by atoms with E-state index in [1.165, 1.54) is 37.1 Å². The SMILES string of the molecule is COC(=O)C1CC(c2ccc(OC(F)F)c(O)c2)CN1C(C)=O. The number of halogens is 2. The Morgan fingerprint density at radius 2 is 2.09 bits per heavy atom. The van der Waals surface area contributed by atoms with Crippen LogP contribution in [0, 0.1) is 0 Å². The van der Waals surface area contributed by atoms with E-state index in [0.29, 0.717) is 12.0 Å². The highest BCUT2D eigenvalue weighted by atomic mass is 19.3. The van der Waals surface area contributed by atoms with Crippen LogP contribution in [0.2, 0.25) is 0 Å². The van der Waals surface area contributed by atoms with Gasteiger partial charge in [0.25, 0.3) is 0 Å². The number of hydrogen-bond acceptors (Lipinski definition) is 5. The zero-order valence-electron chi connectivity index (χ0n) is 12.7. The summed E-state index contributed by atoms with van der Waals surface area (Å²) in [6.07, 6.45) is 0.334. The molecule has 6 nitrogen and oxygen atoms in total. The molecule has 126 valence electrons. The summed E-state index contributed by atoms with van der Waals surface area (Å²) in [5.41, 5.74) is 0.627. The topological polar surface area (TPSA) is 76.1 Å². The van der Waals surface area contributed by atoms with Crippen molar-refractivity contribution in [1.29, 1.82) is 0 Å². The first-order valence-electron chi connectivity index (χ1n) is 6.96. The largest absolute Gasteiger partial charge is 0.504 e. The number of phenolic OH excluding ortho intramolecular Hbond substituents is 1. The highest BCUT2D eigenvalue weighted by Gasteiger charge is 2.39. The predicted octanol–water partition coefficient (Wildman–Crippen LogP) is 1.87. The molecule has 1 amide bonds. The van der Waals surface area contributed by atoms with Gasteiger partial charge in [0.15, 0.2) is 11.5 Å². The van der Waals surface area contributed by atoms with E-state index in [2.05, 4.69) is 4.74 Å². The molecule has 1 aromatic rings. The minimum absolute atomic E-state index is 0.213. The van der Waals surface area contributed by atoms with Gasteiger partial charge in [0.05, 0.1) is 7.11 Å². The monoisotopic (exact) mass is 329 g/mol. The molecule has 2 atom stereocenters. The van der Waals surface area contributed by atoms with Crippen LogP contribution >= 0.6 is 0 Å². The third kappa shape index (κ3) is 3.69. The van der Waals surface area contributed by atoms with Crippen LogP contribution in [-0.4, -0.2) is 48.2 Å². The summed E-state index contributed by atoms with van der Waals surface area (Å²) in [6, 6.07) is 3.38. The Kier molecular flexibility index (Phi) is 5.02. The summed E-state index contributed by atoms with van der Waals surface area (Å²) in [4.78, 5) is 24.8. The molecule has 8 heteroatoms. The minimum Gasteiger partial charge on any atom is -0.504 e. The summed E-state index contributed by atoms with van der Waals surface area (Å²) in [5.74, 6) is -1.72. The lowest BCUT2D eigenvalue weighted by atomic mass is 9.96. The lowest BCUT2D eigenvalue weighted by Crippen LogP contribution is -2.39. The molecular formula is C15H17F2NO5. The van der Waals surface area contributed by atoms with Gasteiger partial charge in [-0.05, 0) is 24.1 Å². The van der Waals surface area contributed by atoms with E-state index >= 15 is 0 Å². The van der Waals surface area contributed by atoms with Gasteiger partial charge >= 0.3 is 12.6 Å². The van der Waals surface area contributed by atoms with Gasteiger partial charge in [0.2, 0.25) is 5.91 Å². The van der Waals surface area contributed by atoms with Crippen LogP contribution in [-0.2, 0) is 14.3 Å². The number of ether oxygens (including phenoxy) is 2. The zero-order valence-corrected chi connectivity index (χ0v) is 12.7. The van der Waals surface area contributed by atoms with Crippen LogP contribution in [0.25, 0.3) is 0 Å². The second-order valence-electron chi connectivity index (χ2n) is 5.25. The van der Waals surface area contributed by atoms with Gasteiger partial charge in [0, 0.05) is 19.4 Å². The fraction of sp³-hybridized carbons (Fsp3) is 0.467. The van der Waals surface area contributed by atoms with Crippen LogP contribution in [0.3, 0.4) is 0 Å². The molecule has 1 heterocycles. The maximum atomic E-state index is 12.2. The van der Waals surface area contributed by atoms with E-state index in [0.717, 1.165) is 0 Å². The molecule has 0 bridgehead atoms. The summed E-state index contributed by atoms with van der Waals surface area (Å²) in [5, 5.41) is 9.77. The van der Waals surface area contributed by atoms with Gasteiger partial charge in [-0.25, -0.2) is 4.79 Å². The average molecular weight is 329 g/mol. The Balaban J connectivity index is 2.21. The standard InChI is InChI=1S/C15H17F2NO5/c1-8(19)18-7-10(5-11(18)14(21)22-2)9-3-4-13(12(20)6-9)23-15(16)17/h3-4,6,10-11,15,20H,5,7H2,1-2H3. The van der Waals surface area contributed by atoms with Crippen molar-refractivity contribution >= 4 is 11.9 Å². The Labute approximate surface area is 131 Å². The van der Waals surface area contributed by atoms with E-state index in [9.17, 15) is 23.5 Å². The fourth-order valence-corrected chi connectivity index (χ4v) is 2.77. The molecule has 23 heavy (non-hydrogen) atoms. The van der Waals surface area contributed by atoms with E-state index < -0.39 is 24.4 Å². The number of carbonyl (C=O) groups is 2. The van der Waals surface area contributed by atoms with Crippen molar-refractivity contribution in [2.45, 2.75) is 31.9 Å². The summed E-state index contributed by atoms with van der Waals surface area (Å²) in [7, 11) is 1.25. The minimum atomic E-state index is -3.03. The zero-order chi connectivity index (χ0) is 17.1. The second kappa shape index (κ2) is 6.80. The molecule has 0 saturated carbocycles. The first-order chi connectivity index (χ1) is 10.8.